The summed E-state index contributed by atoms with van der Waals surface area (Å²) in [5.41, 5.74) is 9.33. The number of rotatable bonds is 8. The molecule has 1 aromatic heterocycles. The molecule has 0 saturated carbocycles. The van der Waals surface area contributed by atoms with Crippen LogP contribution >= 0.6 is 0 Å². The molecule has 0 aliphatic rings. The molecule has 20 heavy (non-hydrogen) atoms. The van der Waals surface area contributed by atoms with Gasteiger partial charge in [0.05, 0.1) is 11.4 Å². The molecule has 116 valence electrons. The van der Waals surface area contributed by atoms with E-state index in [1.165, 1.54) is 5.56 Å². The molecule has 1 heterocycles. The van der Waals surface area contributed by atoms with Gasteiger partial charge in [-0.25, -0.2) is 8.42 Å². The van der Waals surface area contributed by atoms with Gasteiger partial charge in [0.2, 0.25) is 0 Å². The van der Waals surface area contributed by atoms with E-state index in [1.54, 1.807) is 6.92 Å². The first-order chi connectivity index (χ1) is 9.30. The summed E-state index contributed by atoms with van der Waals surface area (Å²) in [5.74, 6) is 0.437. The summed E-state index contributed by atoms with van der Waals surface area (Å²) in [6, 6.07) is 0.158. The van der Waals surface area contributed by atoms with E-state index in [0.717, 1.165) is 24.2 Å². The van der Waals surface area contributed by atoms with Crippen LogP contribution < -0.4 is 5.73 Å². The Bertz CT molecular complexity index is 535. The van der Waals surface area contributed by atoms with Gasteiger partial charge in [-0.15, -0.1) is 0 Å². The smallest absolute Gasteiger partial charge is 0.150 e. The molecule has 0 aliphatic heterocycles. The Kier molecular flexibility index (Phi) is 6.20. The lowest BCUT2D eigenvalue weighted by Crippen LogP contribution is -2.22. The second-order valence-corrected chi connectivity index (χ2v) is 7.81. The van der Waals surface area contributed by atoms with E-state index in [-0.39, 0.29) is 17.5 Å². The number of sulfone groups is 1. The number of aryl methyl sites for hydroxylation is 2. The van der Waals surface area contributed by atoms with Crippen molar-refractivity contribution in [3.63, 3.8) is 0 Å². The van der Waals surface area contributed by atoms with Gasteiger partial charge in [-0.2, -0.15) is 5.10 Å². The predicted molar refractivity (Wildman–Crippen MR) is 82.6 cm³/mol. The van der Waals surface area contributed by atoms with Gasteiger partial charge in [0.1, 0.15) is 9.84 Å². The van der Waals surface area contributed by atoms with E-state index < -0.39 is 9.84 Å². The third kappa shape index (κ3) is 4.59. The number of nitrogens with zero attached hydrogens (tertiary/aromatic N) is 2. The van der Waals surface area contributed by atoms with Crippen molar-refractivity contribution < 1.29 is 8.42 Å². The normalized spacial score (nSPS) is 13.7. The summed E-state index contributed by atoms with van der Waals surface area (Å²) in [6.45, 7) is 8.43. The van der Waals surface area contributed by atoms with Crippen molar-refractivity contribution >= 4 is 9.84 Å². The minimum absolute atomic E-state index is 0.158. The molecule has 0 aromatic carbocycles. The molecule has 1 aromatic rings. The van der Waals surface area contributed by atoms with E-state index in [2.05, 4.69) is 12.0 Å². The zero-order valence-electron chi connectivity index (χ0n) is 13.0. The second kappa shape index (κ2) is 7.22. The largest absolute Gasteiger partial charge is 0.327 e. The third-order valence-corrected chi connectivity index (χ3v) is 5.58. The highest BCUT2D eigenvalue weighted by Crippen LogP contribution is 2.16. The van der Waals surface area contributed by atoms with Gasteiger partial charge in [-0.05, 0) is 38.7 Å². The van der Waals surface area contributed by atoms with Crippen LogP contribution in [0.25, 0.3) is 0 Å². The molecule has 1 rings (SSSR count). The number of hydrogen-bond acceptors (Lipinski definition) is 4. The molecule has 5 nitrogen and oxygen atoms in total. The molecular formula is C14H27N3O2S. The Morgan fingerprint density at radius 1 is 1.30 bits per heavy atom. The molecule has 6 heteroatoms. The van der Waals surface area contributed by atoms with Crippen molar-refractivity contribution in [2.45, 2.75) is 59.5 Å². The van der Waals surface area contributed by atoms with Crippen LogP contribution in [0.3, 0.4) is 0 Å². The van der Waals surface area contributed by atoms with Crippen LogP contribution in [0.15, 0.2) is 0 Å². The lowest BCUT2D eigenvalue weighted by molar-refractivity contribution is 0.563. The van der Waals surface area contributed by atoms with Crippen molar-refractivity contribution in [2.24, 2.45) is 5.73 Å². The van der Waals surface area contributed by atoms with Crippen LogP contribution in [0, 0.1) is 13.8 Å². The van der Waals surface area contributed by atoms with Crippen molar-refractivity contribution in [3.05, 3.63) is 17.0 Å². The van der Waals surface area contributed by atoms with Crippen molar-refractivity contribution in [1.29, 1.82) is 0 Å². The molecule has 0 spiro atoms. The topological polar surface area (TPSA) is 78.0 Å². The van der Waals surface area contributed by atoms with E-state index in [4.69, 9.17) is 5.73 Å². The van der Waals surface area contributed by atoms with E-state index in [0.29, 0.717) is 13.0 Å². The molecule has 0 aliphatic carbocycles. The average Bonchev–Trinajstić information content (AvgIpc) is 2.66. The van der Waals surface area contributed by atoms with Crippen LogP contribution in [0.5, 0.6) is 0 Å². The van der Waals surface area contributed by atoms with Crippen LogP contribution in [-0.2, 0) is 22.8 Å². The first kappa shape index (κ1) is 17.2. The fraction of sp³-hybridized carbons (Fsp3) is 0.786. The van der Waals surface area contributed by atoms with Crippen LogP contribution in [0.1, 0.15) is 43.6 Å². The Morgan fingerprint density at radius 2 is 1.95 bits per heavy atom. The van der Waals surface area contributed by atoms with Gasteiger partial charge < -0.3 is 5.73 Å². The fourth-order valence-electron chi connectivity index (χ4n) is 2.23. The maximum Gasteiger partial charge on any atom is 0.150 e. The van der Waals surface area contributed by atoms with Crippen molar-refractivity contribution in [3.8, 4) is 0 Å². The molecule has 1 unspecified atom stereocenters. The van der Waals surface area contributed by atoms with Crippen LogP contribution in [-0.4, -0.2) is 35.7 Å². The van der Waals surface area contributed by atoms with Crippen LogP contribution in [0.2, 0.25) is 0 Å². The van der Waals surface area contributed by atoms with Gasteiger partial charge in [0.25, 0.3) is 0 Å². The molecular weight excluding hydrogens is 274 g/mol. The second-order valence-electron chi connectivity index (χ2n) is 5.33. The van der Waals surface area contributed by atoms with Crippen LogP contribution in [0.4, 0.5) is 0 Å². The molecule has 0 amide bonds. The first-order valence-electron chi connectivity index (χ1n) is 7.29. The minimum Gasteiger partial charge on any atom is -0.327 e. The molecule has 0 bridgehead atoms. The lowest BCUT2D eigenvalue weighted by Gasteiger charge is -2.09. The predicted octanol–water partition coefficient (Wildman–Crippen LogP) is 1.60. The highest BCUT2D eigenvalue weighted by molar-refractivity contribution is 7.91. The summed E-state index contributed by atoms with van der Waals surface area (Å²) in [4.78, 5) is 0. The van der Waals surface area contributed by atoms with E-state index in [1.807, 2.05) is 18.5 Å². The number of hydrogen-bond donors (Lipinski definition) is 1. The van der Waals surface area contributed by atoms with E-state index >= 15 is 0 Å². The summed E-state index contributed by atoms with van der Waals surface area (Å²) in [7, 11) is -2.89. The van der Waals surface area contributed by atoms with E-state index in [9.17, 15) is 8.42 Å². The average molecular weight is 301 g/mol. The first-order valence-corrected chi connectivity index (χ1v) is 9.11. The molecule has 2 N–H and O–H groups in total. The van der Waals surface area contributed by atoms with Gasteiger partial charge in [0, 0.05) is 24.0 Å². The zero-order valence-corrected chi connectivity index (χ0v) is 13.8. The summed E-state index contributed by atoms with van der Waals surface area (Å²) in [6.07, 6.45) is 2.39. The molecule has 1 atom stereocenters. The zero-order chi connectivity index (χ0) is 15.3. The van der Waals surface area contributed by atoms with Gasteiger partial charge in [0.15, 0.2) is 0 Å². The lowest BCUT2D eigenvalue weighted by atomic mass is 10.0. The Balaban J connectivity index is 2.71. The number of nitrogens with two attached hydrogens (primary N) is 1. The summed E-state index contributed by atoms with van der Waals surface area (Å²) in [5, 5.41) is 4.51. The van der Waals surface area contributed by atoms with Gasteiger partial charge in [-0.3, -0.25) is 4.68 Å². The third-order valence-electron chi connectivity index (χ3n) is 3.79. The highest BCUT2D eigenvalue weighted by atomic mass is 32.2. The summed E-state index contributed by atoms with van der Waals surface area (Å²) < 4.78 is 24.9. The fourth-order valence-corrected chi connectivity index (χ4v) is 3.09. The SMILES string of the molecule is CCC(N)Cc1c(C)nn(CCCS(=O)(=O)CC)c1C. The monoisotopic (exact) mass is 301 g/mol. The highest BCUT2D eigenvalue weighted by Gasteiger charge is 2.14. The van der Waals surface area contributed by atoms with Gasteiger partial charge in [-0.1, -0.05) is 13.8 Å². The number of aromatic nitrogens is 2. The van der Waals surface area contributed by atoms with Crippen molar-refractivity contribution in [1.82, 2.24) is 9.78 Å². The Morgan fingerprint density at radius 3 is 2.50 bits per heavy atom. The minimum atomic E-state index is -2.89. The molecule has 0 saturated heterocycles. The maximum atomic E-state index is 11.5. The van der Waals surface area contributed by atoms with Crippen molar-refractivity contribution in [2.75, 3.05) is 11.5 Å². The Hall–Kier alpha value is -0.880. The molecule has 0 fully saturated rings. The van der Waals surface area contributed by atoms with Gasteiger partial charge >= 0.3 is 0 Å². The quantitative estimate of drug-likeness (QED) is 0.791. The Labute approximate surface area is 122 Å². The summed E-state index contributed by atoms with van der Waals surface area (Å²) >= 11 is 0. The maximum absolute atomic E-state index is 11.5. The molecule has 0 radical (unpaired) electrons. The standard InChI is InChI=1S/C14H27N3O2S/c1-5-13(15)10-14-11(3)16-17(12(14)4)8-7-9-20(18,19)6-2/h13H,5-10,15H2,1-4H3.